The van der Waals surface area contributed by atoms with Crippen LogP contribution in [0.25, 0.3) is 5.78 Å². The van der Waals surface area contributed by atoms with Crippen LogP contribution in [0.3, 0.4) is 0 Å². The Balaban J connectivity index is 1.68. The summed E-state index contributed by atoms with van der Waals surface area (Å²) >= 11 is 3.24. The van der Waals surface area contributed by atoms with E-state index >= 15 is 0 Å². The summed E-state index contributed by atoms with van der Waals surface area (Å²) in [6, 6.07) is 2.06. The highest BCUT2D eigenvalue weighted by atomic mass is 32.2. The van der Waals surface area contributed by atoms with Crippen molar-refractivity contribution in [2.75, 3.05) is 11.9 Å². The van der Waals surface area contributed by atoms with E-state index in [9.17, 15) is 0 Å². The molecule has 0 spiro atoms. The Kier molecular flexibility index (Phi) is 4.58. The second-order valence-corrected chi connectivity index (χ2v) is 7.23. The van der Waals surface area contributed by atoms with E-state index in [1.807, 2.05) is 17.5 Å². The summed E-state index contributed by atoms with van der Waals surface area (Å²) in [6.45, 7) is 7.11. The molecule has 0 saturated carbocycles. The van der Waals surface area contributed by atoms with Gasteiger partial charge in [0, 0.05) is 29.9 Å². The summed E-state index contributed by atoms with van der Waals surface area (Å²) in [5.74, 6) is 1.53. The zero-order valence-corrected chi connectivity index (χ0v) is 14.5. The molecule has 8 heteroatoms. The molecule has 6 nitrogen and oxygen atoms in total. The molecule has 3 aromatic rings. The number of hydrogen-bond donors (Lipinski definition) is 1. The Hall–Kier alpha value is -1.67. The average molecular weight is 334 g/mol. The number of thioether (sulfide) groups is 1. The summed E-state index contributed by atoms with van der Waals surface area (Å²) in [5, 5.41) is 12.5. The highest BCUT2D eigenvalue weighted by molar-refractivity contribution is 8.00. The first-order valence-electron chi connectivity index (χ1n) is 7.18. The third-order valence-electron chi connectivity index (χ3n) is 3.09. The molecule has 3 rings (SSSR count). The molecule has 0 saturated heterocycles. The molecule has 116 valence electrons. The monoisotopic (exact) mass is 334 g/mol. The maximum atomic E-state index is 4.58. The first-order chi connectivity index (χ1) is 10.7. The molecule has 0 aromatic carbocycles. The first-order valence-corrected chi connectivity index (χ1v) is 8.98. The van der Waals surface area contributed by atoms with E-state index in [1.54, 1.807) is 23.1 Å². The van der Waals surface area contributed by atoms with Crippen LogP contribution in [-0.4, -0.2) is 31.1 Å². The predicted octanol–water partition coefficient (Wildman–Crippen LogP) is 3.31. The van der Waals surface area contributed by atoms with Gasteiger partial charge in [0.15, 0.2) is 4.34 Å². The maximum absolute atomic E-state index is 4.58. The molecule has 0 unspecified atom stereocenters. The Labute approximate surface area is 137 Å². The molecule has 1 N–H and O–H groups in total. The van der Waals surface area contributed by atoms with Crippen LogP contribution in [0.5, 0.6) is 0 Å². The number of aryl methyl sites for hydroxylation is 2. The van der Waals surface area contributed by atoms with Crippen molar-refractivity contribution in [3.63, 3.8) is 0 Å². The third-order valence-corrected chi connectivity index (χ3v) is 5.14. The van der Waals surface area contributed by atoms with Crippen LogP contribution in [0.15, 0.2) is 16.6 Å². The average Bonchev–Trinajstić information content (AvgIpc) is 3.09. The number of imidazole rings is 1. The Bertz CT molecular complexity index is 779. The maximum Gasteiger partial charge on any atom is 0.234 e. The SMILES string of the molecule is CCCNc1nnc(SCc2cn3c(C)cc(C)nc3n2)s1. The van der Waals surface area contributed by atoms with Gasteiger partial charge in [-0.05, 0) is 26.3 Å². The van der Waals surface area contributed by atoms with Crippen molar-refractivity contribution in [2.45, 2.75) is 37.3 Å². The summed E-state index contributed by atoms with van der Waals surface area (Å²) in [5.41, 5.74) is 3.14. The van der Waals surface area contributed by atoms with Gasteiger partial charge in [0.25, 0.3) is 0 Å². The van der Waals surface area contributed by atoms with Gasteiger partial charge in [-0.2, -0.15) is 0 Å². The van der Waals surface area contributed by atoms with Gasteiger partial charge in [0.05, 0.1) is 5.69 Å². The number of nitrogens with zero attached hydrogens (tertiary/aromatic N) is 5. The number of aromatic nitrogens is 5. The Morgan fingerprint density at radius 1 is 1.27 bits per heavy atom. The third kappa shape index (κ3) is 3.38. The normalized spacial score (nSPS) is 11.2. The molecule has 0 bridgehead atoms. The highest BCUT2D eigenvalue weighted by Crippen LogP contribution is 2.28. The molecule has 22 heavy (non-hydrogen) atoms. The summed E-state index contributed by atoms with van der Waals surface area (Å²) in [4.78, 5) is 9.03. The number of rotatable bonds is 6. The van der Waals surface area contributed by atoms with Crippen molar-refractivity contribution >= 4 is 34.0 Å². The summed E-state index contributed by atoms with van der Waals surface area (Å²) < 4.78 is 2.98. The van der Waals surface area contributed by atoms with Crippen molar-refractivity contribution in [2.24, 2.45) is 0 Å². The van der Waals surface area contributed by atoms with Crippen LogP contribution in [0.1, 0.15) is 30.4 Å². The lowest BCUT2D eigenvalue weighted by Crippen LogP contribution is -1.98. The van der Waals surface area contributed by atoms with E-state index in [4.69, 9.17) is 0 Å². The van der Waals surface area contributed by atoms with E-state index < -0.39 is 0 Å². The number of nitrogens with one attached hydrogen (secondary N) is 1. The number of anilines is 1. The van der Waals surface area contributed by atoms with Gasteiger partial charge in [-0.25, -0.2) is 9.97 Å². The van der Waals surface area contributed by atoms with Gasteiger partial charge < -0.3 is 5.32 Å². The predicted molar refractivity (Wildman–Crippen MR) is 90.7 cm³/mol. The quantitative estimate of drug-likeness (QED) is 0.698. The molecular formula is C14H18N6S2. The van der Waals surface area contributed by atoms with E-state index in [-0.39, 0.29) is 0 Å². The minimum Gasteiger partial charge on any atom is -0.360 e. The topological polar surface area (TPSA) is 68.0 Å². The minimum atomic E-state index is 0.760. The molecule has 3 heterocycles. The van der Waals surface area contributed by atoms with Crippen molar-refractivity contribution in [3.05, 3.63) is 29.3 Å². The molecule has 0 amide bonds. The van der Waals surface area contributed by atoms with E-state index in [2.05, 4.69) is 45.4 Å². The van der Waals surface area contributed by atoms with Gasteiger partial charge in [-0.3, -0.25) is 4.40 Å². The highest BCUT2D eigenvalue weighted by Gasteiger charge is 2.09. The fraction of sp³-hybridized carbons (Fsp3) is 0.429. The van der Waals surface area contributed by atoms with Gasteiger partial charge in [-0.15, -0.1) is 10.2 Å². The second kappa shape index (κ2) is 6.62. The van der Waals surface area contributed by atoms with E-state index in [1.165, 1.54) is 0 Å². The van der Waals surface area contributed by atoms with Gasteiger partial charge in [0.2, 0.25) is 10.9 Å². The van der Waals surface area contributed by atoms with Crippen molar-refractivity contribution in [3.8, 4) is 0 Å². The van der Waals surface area contributed by atoms with Gasteiger partial charge >= 0.3 is 0 Å². The molecule has 0 radical (unpaired) electrons. The zero-order valence-electron chi connectivity index (χ0n) is 12.8. The van der Waals surface area contributed by atoms with Gasteiger partial charge in [0.1, 0.15) is 0 Å². The van der Waals surface area contributed by atoms with Crippen molar-refractivity contribution in [1.82, 2.24) is 24.6 Å². The lowest BCUT2D eigenvalue weighted by atomic mass is 10.3. The fourth-order valence-electron chi connectivity index (χ4n) is 2.09. The van der Waals surface area contributed by atoms with Crippen molar-refractivity contribution < 1.29 is 0 Å². The second-order valence-electron chi connectivity index (χ2n) is 5.03. The van der Waals surface area contributed by atoms with Crippen molar-refractivity contribution in [1.29, 1.82) is 0 Å². The molecule has 0 aliphatic rings. The molecule has 0 atom stereocenters. The lowest BCUT2D eigenvalue weighted by Gasteiger charge is -1.98. The minimum absolute atomic E-state index is 0.760. The van der Waals surface area contributed by atoms with Gasteiger partial charge in [-0.1, -0.05) is 30.0 Å². The fourth-order valence-corrected chi connectivity index (χ4v) is 3.76. The molecule has 0 fully saturated rings. The summed E-state index contributed by atoms with van der Waals surface area (Å²) in [6.07, 6.45) is 3.12. The van der Waals surface area contributed by atoms with Crippen LogP contribution in [0.4, 0.5) is 5.13 Å². The zero-order chi connectivity index (χ0) is 15.5. The largest absolute Gasteiger partial charge is 0.360 e. The van der Waals surface area contributed by atoms with Crippen LogP contribution < -0.4 is 5.32 Å². The van der Waals surface area contributed by atoms with Crippen LogP contribution in [0, 0.1) is 13.8 Å². The Morgan fingerprint density at radius 2 is 2.14 bits per heavy atom. The molecule has 0 aliphatic carbocycles. The lowest BCUT2D eigenvalue weighted by molar-refractivity contribution is 0.951. The standard InChI is InChI=1S/C14H18N6S2/c1-4-5-15-13-18-19-14(22-13)21-8-11-7-20-10(3)6-9(2)16-12(20)17-11/h6-7H,4-5,8H2,1-3H3,(H,15,18). The number of hydrogen-bond acceptors (Lipinski definition) is 7. The van der Waals surface area contributed by atoms with Crippen LogP contribution in [0.2, 0.25) is 0 Å². The first kappa shape index (κ1) is 15.2. The smallest absolute Gasteiger partial charge is 0.234 e. The van der Waals surface area contributed by atoms with Crippen LogP contribution >= 0.6 is 23.1 Å². The molecule has 3 aromatic heterocycles. The van der Waals surface area contributed by atoms with Crippen LogP contribution in [-0.2, 0) is 5.75 Å². The Morgan fingerprint density at radius 3 is 2.95 bits per heavy atom. The molecular weight excluding hydrogens is 316 g/mol. The molecule has 0 aliphatic heterocycles. The number of fused-ring (bicyclic) bond motifs is 1. The van der Waals surface area contributed by atoms with E-state index in [0.29, 0.717) is 0 Å². The van der Waals surface area contributed by atoms with E-state index in [0.717, 1.165) is 51.0 Å². The summed E-state index contributed by atoms with van der Waals surface area (Å²) in [7, 11) is 0.